The van der Waals surface area contributed by atoms with Crippen molar-refractivity contribution in [2.45, 2.75) is 16.5 Å². The number of fused-ring (bicyclic) bond motifs is 1. The van der Waals surface area contributed by atoms with Gasteiger partial charge in [0.25, 0.3) is 0 Å². The van der Waals surface area contributed by atoms with Crippen LogP contribution in [-0.4, -0.2) is 27.1 Å². The van der Waals surface area contributed by atoms with Crippen LogP contribution in [0.1, 0.15) is 17.0 Å². The van der Waals surface area contributed by atoms with E-state index in [1.165, 1.54) is 23.9 Å². The molecule has 2 aromatic rings. The van der Waals surface area contributed by atoms with E-state index in [0.717, 1.165) is 23.2 Å². The van der Waals surface area contributed by atoms with Gasteiger partial charge in [-0.2, -0.15) is 0 Å². The zero-order valence-corrected chi connectivity index (χ0v) is 16.6. The van der Waals surface area contributed by atoms with Crippen LogP contribution in [0.3, 0.4) is 0 Å². The van der Waals surface area contributed by atoms with Gasteiger partial charge in [-0.3, -0.25) is 9.36 Å². The highest BCUT2D eigenvalue weighted by Gasteiger charge is 2.45. The molecule has 2 atom stereocenters. The molecule has 2 aromatic carbocycles. The van der Waals surface area contributed by atoms with Gasteiger partial charge in [-0.25, -0.2) is 8.78 Å². The smallest absolute Gasteiger partial charge is 0.332 e. The predicted molar refractivity (Wildman–Crippen MR) is 104 cm³/mol. The Hall–Kier alpha value is -1.70. The van der Waals surface area contributed by atoms with E-state index in [1.807, 2.05) is 0 Å². The number of hydrogen-bond acceptors (Lipinski definition) is 3. The summed E-state index contributed by atoms with van der Waals surface area (Å²) < 4.78 is 38.2. The first kappa shape index (κ1) is 21.0. The lowest BCUT2D eigenvalue weighted by Crippen LogP contribution is -2.36. The number of amides is 1. The highest BCUT2D eigenvalue weighted by Crippen LogP contribution is 2.53. The fourth-order valence-electron chi connectivity index (χ4n) is 2.96. The van der Waals surface area contributed by atoms with Crippen LogP contribution in [0.4, 0.5) is 8.78 Å². The van der Waals surface area contributed by atoms with Gasteiger partial charge < -0.3 is 15.1 Å². The minimum absolute atomic E-state index is 0.278. The SMILES string of the molecule is O=C(N/C=C/c1ccc(F)c(F)c1)C(C1CSc2ccc(Cl)cc21)P(=O)(O)O. The third-order valence-corrected chi connectivity index (χ3v) is 7.01. The number of carbonyl (C=O) groups excluding carboxylic acids is 1. The topological polar surface area (TPSA) is 86.6 Å². The molecular formula is C18H15ClF2NO4PS. The van der Waals surface area contributed by atoms with Crippen LogP contribution in [0.15, 0.2) is 47.5 Å². The summed E-state index contributed by atoms with van der Waals surface area (Å²) in [6, 6.07) is 8.20. The number of hydrogen-bond donors (Lipinski definition) is 3. The zero-order valence-electron chi connectivity index (χ0n) is 14.2. The number of thioether (sulfide) groups is 1. The van der Waals surface area contributed by atoms with Crippen molar-refractivity contribution in [2.75, 3.05) is 5.75 Å². The Kier molecular flexibility index (Phi) is 6.27. The van der Waals surface area contributed by atoms with Crippen molar-refractivity contribution in [3.8, 4) is 0 Å². The van der Waals surface area contributed by atoms with Crippen LogP contribution < -0.4 is 5.32 Å². The van der Waals surface area contributed by atoms with Gasteiger partial charge in [0.05, 0.1) is 0 Å². The highest BCUT2D eigenvalue weighted by molar-refractivity contribution is 7.99. The Balaban J connectivity index is 1.81. The molecule has 1 heterocycles. The molecule has 0 saturated heterocycles. The largest absolute Gasteiger partial charge is 0.338 e. The van der Waals surface area contributed by atoms with Crippen LogP contribution in [0.25, 0.3) is 6.08 Å². The van der Waals surface area contributed by atoms with Crippen molar-refractivity contribution >= 4 is 42.9 Å². The standard InChI is InChI=1S/C18H15ClF2NO4PS/c19-11-2-4-16-12(8-11)13(9-28-16)17(27(24,25)26)18(23)22-6-5-10-1-3-14(20)15(21)7-10/h1-8,13,17H,9H2,(H,22,23)(H2,24,25,26)/b6-5+. The zero-order chi connectivity index (χ0) is 20.5. The average Bonchev–Trinajstić information content (AvgIpc) is 3.00. The molecule has 1 aliphatic rings. The number of halogens is 3. The van der Waals surface area contributed by atoms with Crippen molar-refractivity contribution in [1.82, 2.24) is 5.32 Å². The van der Waals surface area contributed by atoms with Gasteiger partial charge in [0.15, 0.2) is 11.6 Å². The lowest BCUT2D eigenvalue weighted by Gasteiger charge is -2.23. The van der Waals surface area contributed by atoms with E-state index >= 15 is 0 Å². The summed E-state index contributed by atoms with van der Waals surface area (Å²) in [5.74, 6) is -3.30. The third kappa shape index (κ3) is 4.64. The van der Waals surface area contributed by atoms with Gasteiger partial charge in [0.2, 0.25) is 5.91 Å². The van der Waals surface area contributed by atoms with E-state index in [1.54, 1.807) is 18.2 Å². The first-order chi connectivity index (χ1) is 13.2. The summed E-state index contributed by atoms with van der Waals surface area (Å²) in [6.07, 6.45) is 2.43. The number of benzene rings is 2. The first-order valence-electron chi connectivity index (χ1n) is 8.06. The first-order valence-corrected chi connectivity index (χ1v) is 11.1. The fourth-order valence-corrected chi connectivity index (χ4v) is 5.67. The van der Waals surface area contributed by atoms with E-state index < -0.39 is 36.7 Å². The third-order valence-electron chi connectivity index (χ3n) is 4.25. The maximum Gasteiger partial charge on any atom is 0.338 e. The molecular weight excluding hydrogens is 431 g/mol. The Morgan fingerprint density at radius 3 is 2.68 bits per heavy atom. The molecule has 148 valence electrons. The van der Waals surface area contributed by atoms with Crippen molar-refractivity contribution in [3.05, 3.63) is 70.4 Å². The molecule has 0 bridgehead atoms. The number of carbonyl (C=O) groups is 1. The Morgan fingerprint density at radius 1 is 1.25 bits per heavy atom. The second kappa shape index (κ2) is 8.35. The molecule has 0 aromatic heterocycles. The van der Waals surface area contributed by atoms with E-state index in [2.05, 4.69) is 5.32 Å². The van der Waals surface area contributed by atoms with Crippen molar-refractivity contribution in [3.63, 3.8) is 0 Å². The predicted octanol–water partition coefficient (Wildman–Crippen LogP) is 4.14. The monoisotopic (exact) mass is 445 g/mol. The molecule has 0 aliphatic carbocycles. The minimum atomic E-state index is -4.79. The summed E-state index contributed by atoms with van der Waals surface area (Å²) in [6.45, 7) is 0. The van der Waals surface area contributed by atoms with E-state index in [0.29, 0.717) is 16.3 Å². The van der Waals surface area contributed by atoms with Gasteiger partial charge in [-0.15, -0.1) is 11.8 Å². The average molecular weight is 446 g/mol. The van der Waals surface area contributed by atoms with Gasteiger partial charge >= 0.3 is 7.60 Å². The summed E-state index contributed by atoms with van der Waals surface area (Å²) >= 11 is 7.38. The van der Waals surface area contributed by atoms with E-state index in [-0.39, 0.29) is 5.56 Å². The molecule has 1 aliphatic heterocycles. The molecule has 3 rings (SSSR count). The van der Waals surface area contributed by atoms with Crippen LogP contribution in [-0.2, 0) is 9.36 Å². The maximum atomic E-state index is 13.2. The molecule has 0 saturated carbocycles. The van der Waals surface area contributed by atoms with Gasteiger partial charge in [0, 0.05) is 27.8 Å². The van der Waals surface area contributed by atoms with Crippen LogP contribution in [0.2, 0.25) is 5.02 Å². The van der Waals surface area contributed by atoms with Crippen LogP contribution in [0, 0.1) is 11.6 Å². The van der Waals surface area contributed by atoms with Gasteiger partial charge in [-0.1, -0.05) is 17.7 Å². The normalized spacial score (nSPS) is 17.5. The van der Waals surface area contributed by atoms with Crippen molar-refractivity contribution in [1.29, 1.82) is 0 Å². The molecule has 10 heteroatoms. The number of rotatable bonds is 5. The quantitative estimate of drug-likeness (QED) is 0.602. The molecule has 0 fully saturated rings. The molecule has 5 nitrogen and oxygen atoms in total. The lowest BCUT2D eigenvalue weighted by molar-refractivity contribution is -0.120. The van der Waals surface area contributed by atoms with Crippen molar-refractivity contribution in [2.24, 2.45) is 0 Å². The summed E-state index contributed by atoms with van der Waals surface area (Å²) in [7, 11) is -4.79. The lowest BCUT2D eigenvalue weighted by atomic mass is 9.97. The second-order valence-corrected chi connectivity index (χ2v) is 9.38. The molecule has 1 amide bonds. The highest BCUT2D eigenvalue weighted by atomic mass is 35.5. The van der Waals surface area contributed by atoms with Crippen LogP contribution >= 0.6 is 31.0 Å². The molecule has 0 radical (unpaired) electrons. The van der Waals surface area contributed by atoms with E-state index in [9.17, 15) is 27.9 Å². The minimum Gasteiger partial charge on any atom is -0.332 e. The summed E-state index contributed by atoms with van der Waals surface area (Å²) in [5.41, 5.74) is -0.708. The second-order valence-electron chi connectivity index (χ2n) is 6.15. The molecule has 3 N–H and O–H groups in total. The molecule has 0 spiro atoms. The Bertz CT molecular complexity index is 998. The maximum absolute atomic E-state index is 13.2. The summed E-state index contributed by atoms with van der Waals surface area (Å²) in [4.78, 5) is 32.9. The van der Waals surface area contributed by atoms with Crippen LogP contribution in [0.5, 0.6) is 0 Å². The van der Waals surface area contributed by atoms with Gasteiger partial charge in [-0.05, 0) is 47.5 Å². The van der Waals surface area contributed by atoms with Gasteiger partial charge in [0.1, 0.15) is 5.66 Å². The Morgan fingerprint density at radius 2 is 2.00 bits per heavy atom. The van der Waals surface area contributed by atoms with Crippen molar-refractivity contribution < 1.29 is 27.9 Å². The van der Waals surface area contributed by atoms with E-state index in [4.69, 9.17) is 11.6 Å². The molecule has 28 heavy (non-hydrogen) atoms. The summed E-state index contributed by atoms with van der Waals surface area (Å²) in [5, 5.41) is 2.74. The number of nitrogens with one attached hydrogen (secondary N) is 1. The molecule has 2 unspecified atom stereocenters. The Labute approximate surface area is 169 Å². The fraction of sp³-hybridized carbons (Fsp3) is 0.167.